The van der Waals surface area contributed by atoms with Crippen LogP contribution in [-0.4, -0.2) is 32.3 Å². The number of alkyl carbamates (subject to hydrolysis) is 1. The van der Waals surface area contributed by atoms with E-state index in [9.17, 15) is 4.79 Å². The van der Waals surface area contributed by atoms with Crippen molar-refractivity contribution in [1.82, 2.24) is 10.6 Å². The Kier molecular flexibility index (Phi) is 4.02. The number of methoxy groups -OCH3 is 1. The van der Waals surface area contributed by atoms with Crippen molar-refractivity contribution in [3.05, 3.63) is 0 Å². The molecule has 4 heteroatoms. The Balaban J connectivity index is 2.28. The van der Waals surface area contributed by atoms with Crippen LogP contribution in [0.5, 0.6) is 0 Å². The number of carbonyl (C=O) groups excluding carboxylic acids is 1. The average Bonchev–Trinajstić information content (AvgIpc) is 2.19. The Bertz CT molecular complexity index is 167. The quantitative estimate of drug-likeness (QED) is 0.668. The fourth-order valence-electron chi connectivity index (χ4n) is 1.71. The Hall–Kier alpha value is -0.770. The van der Waals surface area contributed by atoms with Gasteiger partial charge in [0.2, 0.25) is 0 Å². The summed E-state index contributed by atoms with van der Waals surface area (Å²) < 4.78 is 4.55. The zero-order valence-electron chi connectivity index (χ0n) is 8.30. The van der Waals surface area contributed by atoms with Crippen molar-refractivity contribution in [1.29, 1.82) is 0 Å². The third-order valence-corrected chi connectivity index (χ3v) is 2.62. The van der Waals surface area contributed by atoms with E-state index in [1.54, 1.807) is 0 Å². The van der Waals surface area contributed by atoms with E-state index >= 15 is 0 Å². The van der Waals surface area contributed by atoms with Gasteiger partial charge < -0.3 is 15.4 Å². The summed E-state index contributed by atoms with van der Waals surface area (Å²) in [6.45, 7) is 4.14. The molecule has 0 spiro atoms. The molecule has 76 valence electrons. The topological polar surface area (TPSA) is 50.4 Å². The predicted octanol–water partition coefficient (Wildman–Crippen LogP) is 0.730. The average molecular weight is 186 g/mol. The van der Waals surface area contributed by atoms with Gasteiger partial charge in [0.15, 0.2) is 0 Å². The van der Waals surface area contributed by atoms with Crippen LogP contribution in [0.4, 0.5) is 4.79 Å². The van der Waals surface area contributed by atoms with Crippen molar-refractivity contribution < 1.29 is 9.53 Å². The van der Waals surface area contributed by atoms with Crippen molar-refractivity contribution >= 4 is 6.09 Å². The molecule has 0 aromatic carbocycles. The van der Waals surface area contributed by atoms with E-state index in [1.807, 2.05) is 6.92 Å². The molecule has 0 aromatic heterocycles. The zero-order valence-corrected chi connectivity index (χ0v) is 8.30. The number of piperidine rings is 1. The number of hydrogen-bond acceptors (Lipinski definition) is 3. The highest BCUT2D eigenvalue weighted by atomic mass is 16.5. The second-order valence-electron chi connectivity index (χ2n) is 3.51. The molecule has 1 fully saturated rings. The first-order valence-electron chi connectivity index (χ1n) is 4.79. The minimum atomic E-state index is -0.328. The highest BCUT2D eigenvalue weighted by Crippen LogP contribution is 2.15. The first kappa shape index (κ1) is 10.3. The lowest BCUT2D eigenvalue weighted by atomic mass is 9.91. The van der Waals surface area contributed by atoms with E-state index in [0.29, 0.717) is 5.92 Å². The van der Waals surface area contributed by atoms with E-state index in [0.717, 1.165) is 25.9 Å². The molecule has 1 saturated heterocycles. The van der Waals surface area contributed by atoms with Gasteiger partial charge in [-0.05, 0) is 38.8 Å². The smallest absolute Gasteiger partial charge is 0.407 e. The summed E-state index contributed by atoms with van der Waals surface area (Å²) in [7, 11) is 1.39. The third kappa shape index (κ3) is 3.22. The number of ether oxygens (including phenoxy) is 1. The summed E-state index contributed by atoms with van der Waals surface area (Å²) >= 11 is 0. The molecule has 1 heterocycles. The molecule has 13 heavy (non-hydrogen) atoms. The number of hydrogen-bond donors (Lipinski definition) is 2. The molecule has 1 unspecified atom stereocenters. The number of rotatable bonds is 2. The Labute approximate surface area is 79.0 Å². The van der Waals surface area contributed by atoms with Crippen LogP contribution in [0.2, 0.25) is 0 Å². The molecular formula is C9H18N2O2. The van der Waals surface area contributed by atoms with Crippen LogP contribution in [0.3, 0.4) is 0 Å². The molecule has 0 saturated carbocycles. The minimum absolute atomic E-state index is 0.217. The second-order valence-corrected chi connectivity index (χ2v) is 3.51. The molecular weight excluding hydrogens is 168 g/mol. The van der Waals surface area contributed by atoms with Crippen molar-refractivity contribution in [3.63, 3.8) is 0 Å². The fraction of sp³-hybridized carbons (Fsp3) is 0.889. The van der Waals surface area contributed by atoms with Gasteiger partial charge in [0.05, 0.1) is 7.11 Å². The summed E-state index contributed by atoms with van der Waals surface area (Å²) in [6, 6.07) is 0.217. The van der Waals surface area contributed by atoms with Crippen LogP contribution < -0.4 is 10.6 Å². The standard InChI is InChI=1S/C9H18N2O2/c1-7(11-9(12)13-2)8-3-5-10-6-4-8/h7-8,10H,3-6H2,1-2H3,(H,11,12). The largest absolute Gasteiger partial charge is 0.453 e. The number of nitrogens with one attached hydrogen (secondary N) is 2. The number of carbonyl (C=O) groups is 1. The van der Waals surface area contributed by atoms with Gasteiger partial charge in [-0.15, -0.1) is 0 Å². The molecule has 1 amide bonds. The van der Waals surface area contributed by atoms with E-state index in [4.69, 9.17) is 0 Å². The lowest BCUT2D eigenvalue weighted by Crippen LogP contribution is -2.42. The van der Waals surface area contributed by atoms with Gasteiger partial charge in [-0.1, -0.05) is 0 Å². The van der Waals surface area contributed by atoms with Crippen LogP contribution in [0.25, 0.3) is 0 Å². The Morgan fingerprint density at radius 3 is 2.69 bits per heavy atom. The van der Waals surface area contributed by atoms with Gasteiger partial charge >= 0.3 is 6.09 Å². The molecule has 0 radical (unpaired) electrons. The van der Waals surface area contributed by atoms with Gasteiger partial charge in [0.1, 0.15) is 0 Å². The van der Waals surface area contributed by atoms with Crippen LogP contribution in [-0.2, 0) is 4.74 Å². The van der Waals surface area contributed by atoms with Crippen molar-refractivity contribution in [3.8, 4) is 0 Å². The fourth-order valence-corrected chi connectivity index (χ4v) is 1.71. The van der Waals surface area contributed by atoms with Gasteiger partial charge in [-0.3, -0.25) is 0 Å². The molecule has 0 aromatic rings. The molecule has 4 nitrogen and oxygen atoms in total. The van der Waals surface area contributed by atoms with Crippen molar-refractivity contribution in [2.24, 2.45) is 5.92 Å². The molecule has 1 aliphatic heterocycles. The summed E-state index contributed by atoms with van der Waals surface area (Å²) in [4.78, 5) is 10.9. The van der Waals surface area contributed by atoms with Gasteiger partial charge in [0, 0.05) is 6.04 Å². The molecule has 1 aliphatic rings. The Morgan fingerprint density at radius 2 is 2.15 bits per heavy atom. The minimum Gasteiger partial charge on any atom is -0.453 e. The lowest BCUT2D eigenvalue weighted by molar-refractivity contribution is 0.160. The first-order chi connectivity index (χ1) is 6.24. The highest BCUT2D eigenvalue weighted by molar-refractivity contribution is 5.67. The highest BCUT2D eigenvalue weighted by Gasteiger charge is 2.21. The predicted molar refractivity (Wildman–Crippen MR) is 50.6 cm³/mol. The monoisotopic (exact) mass is 186 g/mol. The van der Waals surface area contributed by atoms with Gasteiger partial charge in [-0.25, -0.2) is 4.79 Å². The Morgan fingerprint density at radius 1 is 1.54 bits per heavy atom. The van der Waals surface area contributed by atoms with Crippen LogP contribution in [0, 0.1) is 5.92 Å². The summed E-state index contributed by atoms with van der Waals surface area (Å²) in [5.41, 5.74) is 0. The molecule has 2 N–H and O–H groups in total. The van der Waals surface area contributed by atoms with Crippen LogP contribution in [0.1, 0.15) is 19.8 Å². The van der Waals surface area contributed by atoms with E-state index in [-0.39, 0.29) is 12.1 Å². The summed E-state index contributed by atoms with van der Waals surface area (Å²) in [6.07, 6.45) is 1.93. The normalized spacial score (nSPS) is 20.8. The molecule has 0 bridgehead atoms. The maximum Gasteiger partial charge on any atom is 0.407 e. The van der Waals surface area contributed by atoms with Gasteiger partial charge in [0.25, 0.3) is 0 Å². The maximum atomic E-state index is 10.9. The van der Waals surface area contributed by atoms with Crippen molar-refractivity contribution in [2.75, 3.05) is 20.2 Å². The summed E-state index contributed by atoms with van der Waals surface area (Å²) in [5, 5.41) is 6.10. The molecule has 0 aliphatic carbocycles. The van der Waals surface area contributed by atoms with Crippen LogP contribution >= 0.6 is 0 Å². The summed E-state index contributed by atoms with van der Waals surface area (Å²) in [5.74, 6) is 0.584. The van der Waals surface area contributed by atoms with E-state index in [1.165, 1.54) is 7.11 Å². The van der Waals surface area contributed by atoms with Gasteiger partial charge in [-0.2, -0.15) is 0 Å². The first-order valence-corrected chi connectivity index (χ1v) is 4.79. The molecule has 1 atom stereocenters. The maximum absolute atomic E-state index is 10.9. The number of amides is 1. The lowest BCUT2D eigenvalue weighted by Gasteiger charge is -2.28. The van der Waals surface area contributed by atoms with E-state index < -0.39 is 0 Å². The van der Waals surface area contributed by atoms with Crippen molar-refractivity contribution in [2.45, 2.75) is 25.8 Å². The van der Waals surface area contributed by atoms with Crippen LogP contribution in [0.15, 0.2) is 0 Å². The second kappa shape index (κ2) is 5.07. The van der Waals surface area contributed by atoms with E-state index in [2.05, 4.69) is 15.4 Å². The third-order valence-electron chi connectivity index (χ3n) is 2.62. The zero-order chi connectivity index (χ0) is 9.68. The molecule has 1 rings (SSSR count). The SMILES string of the molecule is COC(=O)NC(C)C1CCNCC1.